The molecule has 1 heterocycles. The normalized spacial score (nSPS) is 9.80. The first-order chi connectivity index (χ1) is 9.83. The van der Waals surface area contributed by atoms with Gasteiger partial charge in [-0.25, -0.2) is 4.98 Å². The van der Waals surface area contributed by atoms with Crippen molar-refractivity contribution in [2.24, 2.45) is 0 Å². The largest absolute Gasteiger partial charge is 0.366 e. The molecule has 0 unspecified atom stereocenters. The van der Waals surface area contributed by atoms with Gasteiger partial charge in [-0.15, -0.1) is 13.2 Å². The van der Waals surface area contributed by atoms with Gasteiger partial charge in [-0.2, -0.15) is 4.98 Å². The van der Waals surface area contributed by atoms with Gasteiger partial charge < -0.3 is 10.6 Å². The lowest BCUT2D eigenvalue weighted by Gasteiger charge is -2.09. The van der Waals surface area contributed by atoms with Gasteiger partial charge in [0.2, 0.25) is 5.95 Å². The predicted molar refractivity (Wildman–Crippen MR) is 84.8 cm³/mol. The fraction of sp³-hybridized carbons (Fsp3) is 0.125. The van der Waals surface area contributed by atoms with Crippen molar-refractivity contribution in [2.75, 3.05) is 23.7 Å². The Morgan fingerprint density at radius 1 is 0.950 bits per heavy atom. The molecule has 0 bridgehead atoms. The van der Waals surface area contributed by atoms with Crippen LogP contribution >= 0.6 is 0 Å². The third-order valence-electron chi connectivity index (χ3n) is 2.63. The molecule has 0 spiro atoms. The third kappa shape index (κ3) is 3.68. The first kappa shape index (κ1) is 13.8. The van der Waals surface area contributed by atoms with Crippen molar-refractivity contribution < 1.29 is 0 Å². The Labute approximate surface area is 119 Å². The van der Waals surface area contributed by atoms with Crippen molar-refractivity contribution in [1.29, 1.82) is 0 Å². The summed E-state index contributed by atoms with van der Waals surface area (Å²) in [6.07, 6.45) is 3.57. The highest BCUT2D eigenvalue weighted by atomic mass is 15.1. The van der Waals surface area contributed by atoms with Crippen molar-refractivity contribution in [3.63, 3.8) is 0 Å². The van der Waals surface area contributed by atoms with Crippen LogP contribution in [0.1, 0.15) is 0 Å². The second kappa shape index (κ2) is 7.09. The smallest absolute Gasteiger partial charge is 0.225 e. The van der Waals surface area contributed by atoms with Crippen LogP contribution in [0, 0.1) is 0 Å². The van der Waals surface area contributed by atoms with Crippen LogP contribution in [0.4, 0.5) is 11.8 Å². The minimum atomic E-state index is 0.581. The Bertz CT molecular complexity index is 548. The van der Waals surface area contributed by atoms with Crippen LogP contribution < -0.4 is 10.6 Å². The fourth-order valence-electron chi connectivity index (χ4n) is 1.71. The summed E-state index contributed by atoms with van der Waals surface area (Å²) in [5.41, 5.74) is 1.93. The molecule has 0 fully saturated rings. The van der Waals surface area contributed by atoms with E-state index < -0.39 is 0 Å². The highest BCUT2D eigenvalue weighted by Crippen LogP contribution is 2.21. The summed E-state index contributed by atoms with van der Waals surface area (Å²) in [7, 11) is 0. The minimum Gasteiger partial charge on any atom is -0.366 e. The van der Waals surface area contributed by atoms with Gasteiger partial charge in [-0.3, -0.25) is 0 Å². The minimum absolute atomic E-state index is 0.581. The molecule has 1 aromatic heterocycles. The van der Waals surface area contributed by atoms with Crippen LogP contribution in [-0.2, 0) is 0 Å². The van der Waals surface area contributed by atoms with Crippen LogP contribution in [0.25, 0.3) is 11.3 Å². The van der Waals surface area contributed by atoms with E-state index in [9.17, 15) is 0 Å². The number of nitrogens with zero attached hydrogens (tertiary/aromatic N) is 2. The topological polar surface area (TPSA) is 49.8 Å². The van der Waals surface area contributed by atoms with Crippen molar-refractivity contribution in [3.05, 3.63) is 61.7 Å². The van der Waals surface area contributed by atoms with E-state index in [1.807, 2.05) is 36.4 Å². The molecule has 0 aliphatic rings. The lowest BCUT2D eigenvalue weighted by atomic mass is 10.1. The van der Waals surface area contributed by atoms with Gasteiger partial charge in [0.15, 0.2) is 0 Å². The summed E-state index contributed by atoms with van der Waals surface area (Å²) in [4.78, 5) is 8.92. The lowest BCUT2D eigenvalue weighted by Crippen LogP contribution is -2.07. The maximum Gasteiger partial charge on any atom is 0.225 e. The van der Waals surface area contributed by atoms with E-state index in [2.05, 4.69) is 33.8 Å². The number of nitrogens with one attached hydrogen (secondary N) is 2. The van der Waals surface area contributed by atoms with E-state index in [1.165, 1.54) is 0 Å². The van der Waals surface area contributed by atoms with E-state index >= 15 is 0 Å². The highest BCUT2D eigenvalue weighted by molar-refractivity contribution is 5.64. The number of benzene rings is 1. The highest BCUT2D eigenvalue weighted by Gasteiger charge is 2.05. The molecule has 102 valence electrons. The van der Waals surface area contributed by atoms with Crippen LogP contribution in [0.3, 0.4) is 0 Å². The SMILES string of the molecule is C=CCNc1cc(-c2ccccc2)nc(NCC=C)n1. The molecule has 0 saturated heterocycles. The molecular formula is C16H18N4. The predicted octanol–water partition coefficient (Wildman–Crippen LogP) is 3.34. The Morgan fingerprint density at radius 3 is 2.35 bits per heavy atom. The van der Waals surface area contributed by atoms with E-state index in [1.54, 1.807) is 12.2 Å². The standard InChI is InChI=1S/C16H18N4/c1-3-10-17-15-12-14(13-8-6-5-7-9-13)19-16(20-15)18-11-4-2/h3-9,12H,1-2,10-11H2,(H2,17,18,19,20). The van der Waals surface area contributed by atoms with Crippen LogP contribution in [0.2, 0.25) is 0 Å². The van der Waals surface area contributed by atoms with Gasteiger partial charge in [0.25, 0.3) is 0 Å². The fourth-order valence-corrected chi connectivity index (χ4v) is 1.71. The molecule has 4 nitrogen and oxygen atoms in total. The molecule has 2 N–H and O–H groups in total. The molecule has 4 heteroatoms. The molecule has 1 aromatic carbocycles. The van der Waals surface area contributed by atoms with E-state index in [0.717, 1.165) is 17.1 Å². The van der Waals surface area contributed by atoms with Gasteiger partial charge in [0, 0.05) is 24.7 Å². The molecule has 0 aliphatic heterocycles. The second-order valence-corrected chi connectivity index (χ2v) is 4.17. The number of hydrogen-bond acceptors (Lipinski definition) is 4. The molecule has 2 aromatic rings. The Morgan fingerprint density at radius 2 is 1.65 bits per heavy atom. The molecule has 0 saturated carbocycles. The molecule has 2 rings (SSSR count). The maximum absolute atomic E-state index is 4.51. The van der Waals surface area contributed by atoms with E-state index in [-0.39, 0.29) is 0 Å². The number of aromatic nitrogens is 2. The lowest BCUT2D eigenvalue weighted by molar-refractivity contribution is 1.11. The quantitative estimate of drug-likeness (QED) is 0.755. The number of hydrogen-bond donors (Lipinski definition) is 2. The average Bonchev–Trinajstić information content (AvgIpc) is 2.51. The molecule has 0 aliphatic carbocycles. The Balaban J connectivity index is 2.34. The first-order valence-electron chi connectivity index (χ1n) is 6.47. The van der Waals surface area contributed by atoms with Gasteiger partial charge >= 0.3 is 0 Å². The van der Waals surface area contributed by atoms with Crippen LogP contribution in [0.15, 0.2) is 61.7 Å². The van der Waals surface area contributed by atoms with Crippen molar-refractivity contribution in [2.45, 2.75) is 0 Å². The summed E-state index contributed by atoms with van der Waals surface area (Å²) in [5, 5.41) is 6.30. The van der Waals surface area contributed by atoms with Crippen LogP contribution in [-0.4, -0.2) is 23.1 Å². The maximum atomic E-state index is 4.51. The Kier molecular flexibility index (Phi) is 4.89. The summed E-state index contributed by atoms with van der Waals surface area (Å²) in [6, 6.07) is 11.9. The monoisotopic (exact) mass is 266 g/mol. The zero-order valence-electron chi connectivity index (χ0n) is 11.3. The van der Waals surface area contributed by atoms with Gasteiger partial charge in [0.05, 0.1) is 5.69 Å². The summed E-state index contributed by atoms with van der Waals surface area (Å²) >= 11 is 0. The van der Waals surface area contributed by atoms with Gasteiger partial charge in [-0.05, 0) is 0 Å². The van der Waals surface area contributed by atoms with E-state index in [4.69, 9.17) is 0 Å². The van der Waals surface area contributed by atoms with Crippen LogP contribution in [0.5, 0.6) is 0 Å². The molecule has 0 radical (unpaired) electrons. The number of anilines is 2. The molecule has 20 heavy (non-hydrogen) atoms. The van der Waals surface area contributed by atoms with E-state index in [0.29, 0.717) is 19.0 Å². The zero-order chi connectivity index (χ0) is 14.2. The van der Waals surface area contributed by atoms with Crippen molar-refractivity contribution >= 4 is 11.8 Å². The Hall–Kier alpha value is -2.62. The van der Waals surface area contributed by atoms with Gasteiger partial charge in [0.1, 0.15) is 5.82 Å². The second-order valence-electron chi connectivity index (χ2n) is 4.17. The molecule has 0 amide bonds. The van der Waals surface area contributed by atoms with Crippen molar-refractivity contribution in [3.8, 4) is 11.3 Å². The molecule has 0 atom stereocenters. The number of rotatable bonds is 7. The third-order valence-corrected chi connectivity index (χ3v) is 2.63. The summed E-state index contributed by atoms with van der Waals surface area (Å²) < 4.78 is 0. The van der Waals surface area contributed by atoms with Gasteiger partial charge in [-0.1, -0.05) is 42.5 Å². The summed E-state index contributed by atoms with van der Waals surface area (Å²) in [6.45, 7) is 8.66. The molecular weight excluding hydrogens is 248 g/mol. The summed E-state index contributed by atoms with van der Waals surface area (Å²) in [5.74, 6) is 1.35. The first-order valence-corrected chi connectivity index (χ1v) is 6.47. The zero-order valence-corrected chi connectivity index (χ0v) is 11.3. The average molecular weight is 266 g/mol. The van der Waals surface area contributed by atoms with Crippen molar-refractivity contribution in [1.82, 2.24) is 9.97 Å².